The highest BCUT2D eigenvalue weighted by Crippen LogP contribution is 2.23. The van der Waals surface area contributed by atoms with Crippen molar-refractivity contribution in [3.8, 4) is 0 Å². The van der Waals surface area contributed by atoms with E-state index in [2.05, 4.69) is 25.2 Å². The van der Waals surface area contributed by atoms with Crippen LogP contribution in [0.15, 0.2) is 64.8 Å². The monoisotopic (exact) mass is 437 g/mol. The summed E-state index contributed by atoms with van der Waals surface area (Å²) >= 11 is 11.8. The summed E-state index contributed by atoms with van der Waals surface area (Å²) in [7, 11) is -3.87. The molecule has 0 amide bonds. The third-order valence-corrected chi connectivity index (χ3v) is 5.42. The summed E-state index contributed by atoms with van der Waals surface area (Å²) in [4.78, 5) is 18.3. The Morgan fingerprint density at radius 1 is 1.07 bits per heavy atom. The molecule has 0 aliphatic rings. The zero-order chi connectivity index (χ0) is 20.1. The van der Waals surface area contributed by atoms with E-state index in [1.165, 1.54) is 30.5 Å². The fourth-order valence-electron chi connectivity index (χ4n) is 2.32. The van der Waals surface area contributed by atoms with Crippen molar-refractivity contribution >= 4 is 50.4 Å². The van der Waals surface area contributed by atoms with Crippen LogP contribution < -0.4 is 10.0 Å². The molecular formula is C17H13Cl2N5O3S. The predicted molar refractivity (Wildman–Crippen MR) is 109 cm³/mol. The van der Waals surface area contributed by atoms with Gasteiger partial charge >= 0.3 is 0 Å². The second kappa shape index (κ2) is 8.51. The van der Waals surface area contributed by atoms with Gasteiger partial charge in [0.15, 0.2) is 0 Å². The first-order chi connectivity index (χ1) is 13.4. The lowest BCUT2D eigenvalue weighted by molar-refractivity contribution is 0.601. The van der Waals surface area contributed by atoms with Crippen molar-refractivity contribution in [2.75, 3.05) is 10.0 Å². The van der Waals surface area contributed by atoms with E-state index >= 15 is 0 Å². The van der Waals surface area contributed by atoms with Crippen LogP contribution in [0.1, 0.15) is 5.56 Å². The van der Waals surface area contributed by atoms with Gasteiger partial charge in [0, 0.05) is 12.2 Å². The second-order valence-electron chi connectivity index (χ2n) is 5.58. The average molecular weight is 438 g/mol. The molecule has 0 unspecified atom stereocenters. The SMILES string of the molecule is O=Nc1cccc(S(=O)(=O)Nc2cccc(CNc3nc(Cl)ncc3Cl)c2)c1. The van der Waals surface area contributed by atoms with Gasteiger partial charge in [-0.25, -0.2) is 13.4 Å². The minimum atomic E-state index is -3.87. The van der Waals surface area contributed by atoms with Gasteiger partial charge in [-0.2, -0.15) is 4.98 Å². The molecule has 2 aromatic carbocycles. The summed E-state index contributed by atoms with van der Waals surface area (Å²) in [5.74, 6) is 0.367. The number of hydrogen-bond donors (Lipinski definition) is 2. The summed E-state index contributed by atoms with van der Waals surface area (Å²) in [5, 5.41) is 6.13. The number of nitrogens with zero attached hydrogens (tertiary/aromatic N) is 3. The van der Waals surface area contributed by atoms with Crippen molar-refractivity contribution in [3.05, 3.63) is 75.5 Å². The Morgan fingerprint density at radius 3 is 2.64 bits per heavy atom. The normalized spacial score (nSPS) is 11.1. The van der Waals surface area contributed by atoms with Crippen LogP contribution in [-0.4, -0.2) is 18.4 Å². The highest BCUT2D eigenvalue weighted by atomic mass is 35.5. The molecule has 0 aliphatic heterocycles. The summed E-state index contributed by atoms with van der Waals surface area (Å²) < 4.78 is 27.5. The van der Waals surface area contributed by atoms with Gasteiger partial charge in [0.25, 0.3) is 10.0 Å². The molecule has 0 aliphatic carbocycles. The Kier molecular flexibility index (Phi) is 6.08. The summed E-state index contributed by atoms with van der Waals surface area (Å²) in [6, 6.07) is 12.2. The zero-order valence-electron chi connectivity index (χ0n) is 14.1. The van der Waals surface area contributed by atoms with Crippen LogP contribution in [0.3, 0.4) is 0 Å². The number of hydrogen-bond acceptors (Lipinski definition) is 7. The fraction of sp³-hybridized carbons (Fsp3) is 0.0588. The summed E-state index contributed by atoms with van der Waals surface area (Å²) in [6.45, 7) is 0.327. The Morgan fingerprint density at radius 2 is 1.86 bits per heavy atom. The highest BCUT2D eigenvalue weighted by molar-refractivity contribution is 7.92. The van der Waals surface area contributed by atoms with Crippen LogP contribution in [0, 0.1) is 4.91 Å². The van der Waals surface area contributed by atoms with Crippen LogP contribution in [0.2, 0.25) is 10.3 Å². The van der Waals surface area contributed by atoms with E-state index in [-0.39, 0.29) is 15.9 Å². The Labute approximate surface area is 171 Å². The molecule has 3 rings (SSSR count). The van der Waals surface area contributed by atoms with Gasteiger partial charge in [-0.05, 0) is 52.7 Å². The van der Waals surface area contributed by atoms with Gasteiger partial charge in [0.05, 0.1) is 11.1 Å². The van der Waals surface area contributed by atoms with Crippen LogP contribution in [0.5, 0.6) is 0 Å². The van der Waals surface area contributed by atoms with E-state index in [4.69, 9.17) is 23.2 Å². The Bertz CT molecular complexity index is 1130. The molecule has 0 fully saturated rings. The molecule has 0 saturated heterocycles. The van der Waals surface area contributed by atoms with E-state index in [0.29, 0.717) is 23.1 Å². The van der Waals surface area contributed by atoms with Crippen molar-refractivity contribution in [3.63, 3.8) is 0 Å². The maximum Gasteiger partial charge on any atom is 0.261 e. The first kappa shape index (κ1) is 20.0. The van der Waals surface area contributed by atoms with Gasteiger partial charge in [0.1, 0.15) is 16.5 Å². The molecule has 8 nitrogen and oxygen atoms in total. The van der Waals surface area contributed by atoms with Crippen LogP contribution in [0.4, 0.5) is 17.2 Å². The lowest BCUT2D eigenvalue weighted by Crippen LogP contribution is -2.13. The van der Waals surface area contributed by atoms with Crippen molar-refractivity contribution in [1.29, 1.82) is 0 Å². The standard InChI is InChI=1S/C17H13Cl2N5O3S/c18-15-10-21-17(19)22-16(15)20-9-11-3-1-5-13(7-11)24-28(26,27)14-6-2-4-12(8-14)23-25/h1-8,10,24H,9H2,(H,20,21,22). The van der Waals surface area contributed by atoms with Gasteiger partial charge in [-0.1, -0.05) is 29.8 Å². The minimum Gasteiger partial charge on any atom is -0.365 e. The molecule has 11 heteroatoms. The average Bonchev–Trinajstić information content (AvgIpc) is 2.68. The lowest BCUT2D eigenvalue weighted by atomic mass is 10.2. The van der Waals surface area contributed by atoms with Crippen molar-refractivity contribution in [1.82, 2.24) is 9.97 Å². The third kappa shape index (κ3) is 4.94. The molecule has 0 spiro atoms. The maximum atomic E-state index is 12.5. The van der Waals surface area contributed by atoms with Gasteiger partial charge in [-0.15, -0.1) is 4.91 Å². The lowest BCUT2D eigenvalue weighted by Gasteiger charge is -2.11. The second-order valence-corrected chi connectivity index (χ2v) is 8.01. The molecule has 0 radical (unpaired) electrons. The highest BCUT2D eigenvalue weighted by Gasteiger charge is 2.15. The Balaban J connectivity index is 1.75. The van der Waals surface area contributed by atoms with Gasteiger partial charge in [-0.3, -0.25) is 4.72 Å². The summed E-state index contributed by atoms with van der Waals surface area (Å²) in [5.41, 5.74) is 1.16. The number of anilines is 2. The smallest absolute Gasteiger partial charge is 0.261 e. The first-order valence-electron chi connectivity index (χ1n) is 7.84. The molecule has 28 heavy (non-hydrogen) atoms. The first-order valence-corrected chi connectivity index (χ1v) is 10.1. The topological polar surface area (TPSA) is 113 Å². The van der Waals surface area contributed by atoms with E-state index < -0.39 is 10.0 Å². The largest absolute Gasteiger partial charge is 0.365 e. The third-order valence-electron chi connectivity index (χ3n) is 3.59. The fourth-order valence-corrected chi connectivity index (χ4v) is 3.70. The minimum absolute atomic E-state index is 0.0289. The van der Waals surface area contributed by atoms with Crippen molar-refractivity contribution in [2.45, 2.75) is 11.4 Å². The van der Waals surface area contributed by atoms with Crippen molar-refractivity contribution in [2.24, 2.45) is 5.18 Å². The van der Waals surface area contributed by atoms with Crippen LogP contribution in [0.25, 0.3) is 0 Å². The van der Waals surface area contributed by atoms with Gasteiger partial charge < -0.3 is 5.32 Å². The maximum absolute atomic E-state index is 12.5. The van der Waals surface area contributed by atoms with Crippen molar-refractivity contribution < 1.29 is 8.42 Å². The van der Waals surface area contributed by atoms with E-state index in [0.717, 1.165) is 5.56 Å². The number of nitrogens with one attached hydrogen (secondary N) is 2. The molecule has 144 valence electrons. The number of halogens is 2. The van der Waals surface area contributed by atoms with E-state index in [9.17, 15) is 13.3 Å². The summed E-state index contributed by atoms with van der Waals surface area (Å²) in [6.07, 6.45) is 1.38. The van der Waals surface area contributed by atoms with E-state index in [1.807, 2.05) is 0 Å². The number of aromatic nitrogens is 2. The predicted octanol–water partition coefficient (Wildman–Crippen LogP) is 4.59. The molecule has 2 N–H and O–H groups in total. The molecule has 1 heterocycles. The number of sulfonamides is 1. The molecule has 0 bridgehead atoms. The number of benzene rings is 2. The molecular weight excluding hydrogens is 425 g/mol. The van der Waals surface area contributed by atoms with Crippen LogP contribution >= 0.6 is 23.2 Å². The molecule has 3 aromatic rings. The Hall–Kier alpha value is -2.75. The quantitative estimate of drug-likeness (QED) is 0.412. The van der Waals surface area contributed by atoms with E-state index in [1.54, 1.807) is 24.3 Å². The molecule has 0 atom stereocenters. The molecule has 1 aromatic heterocycles. The molecule has 0 saturated carbocycles. The number of rotatable bonds is 7. The van der Waals surface area contributed by atoms with Gasteiger partial charge in [0.2, 0.25) is 5.28 Å². The number of nitroso groups, excluding NO2 is 1. The zero-order valence-corrected chi connectivity index (χ0v) is 16.5. The van der Waals surface area contributed by atoms with Crippen LogP contribution in [-0.2, 0) is 16.6 Å².